The highest BCUT2D eigenvalue weighted by Crippen LogP contribution is 2.43. The number of carbonyl (C=O) groups is 1. The first-order chi connectivity index (χ1) is 9.39. The van der Waals surface area contributed by atoms with Crippen molar-refractivity contribution in [2.75, 3.05) is 5.32 Å². The van der Waals surface area contributed by atoms with Crippen LogP contribution in [0.3, 0.4) is 0 Å². The molecule has 0 bridgehead atoms. The van der Waals surface area contributed by atoms with Crippen LogP contribution in [-0.4, -0.2) is 23.9 Å². The number of rotatable bonds is 3. The van der Waals surface area contributed by atoms with Gasteiger partial charge in [0.05, 0.1) is 6.20 Å². The predicted molar refractivity (Wildman–Crippen MR) is 60.0 cm³/mol. The molecule has 10 heteroatoms. The van der Waals surface area contributed by atoms with E-state index in [0.717, 1.165) is 11.4 Å². The molecule has 1 rings (SSSR count). The summed E-state index contributed by atoms with van der Waals surface area (Å²) in [5.74, 6) is -2.03. The summed E-state index contributed by atoms with van der Waals surface area (Å²) in [5.41, 5.74) is -3.98. The van der Waals surface area contributed by atoms with Gasteiger partial charge in [0.15, 0.2) is 0 Å². The Bertz CT molecular complexity index is 494. The zero-order valence-corrected chi connectivity index (χ0v) is 10.9. The molecule has 118 valence electrons. The first-order valence-corrected chi connectivity index (χ1v) is 5.58. The number of aryl methyl sites for hydroxylation is 1. The standard InChI is InChI=1S/C11H11F6N3O/c1-6-3-4-8(18-5-6)20-9(10(12,13)14,11(15,16)17)19-7(2)21/h3-5H,1-2H3,(H,18,20)(H,19,21)/p+1. The summed E-state index contributed by atoms with van der Waals surface area (Å²) >= 11 is 0. The maximum absolute atomic E-state index is 13.0. The molecule has 0 aromatic carbocycles. The van der Waals surface area contributed by atoms with E-state index in [-0.39, 0.29) is 0 Å². The predicted octanol–water partition coefficient (Wildman–Crippen LogP) is 2.18. The quantitative estimate of drug-likeness (QED) is 0.663. The summed E-state index contributed by atoms with van der Waals surface area (Å²) in [6.45, 7) is 2.15. The largest absolute Gasteiger partial charge is 0.462 e. The van der Waals surface area contributed by atoms with Crippen molar-refractivity contribution in [3.05, 3.63) is 23.9 Å². The lowest BCUT2D eigenvalue weighted by Gasteiger charge is -2.34. The Morgan fingerprint density at radius 1 is 1.10 bits per heavy atom. The molecule has 0 fully saturated rings. The van der Waals surface area contributed by atoms with Crippen molar-refractivity contribution in [2.24, 2.45) is 0 Å². The van der Waals surface area contributed by atoms with Crippen LogP contribution in [0.15, 0.2) is 18.3 Å². The zero-order valence-electron chi connectivity index (χ0n) is 10.9. The van der Waals surface area contributed by atoms with Gasteiger partial charge < -0.3 is 5.32 Å². The number of amides is 1. The summed E-state index contributed by atoms with van der Waals surface area (Å²) in [4.78, 5) is 13.1. The number of hydrogen-bond acceptors (Lipinski definition) is 2. The van der Waals surface area contributed by atoms with Crippen molar-refractivity contribution >= 4 is 11.7 Å². The van der Waals surface area contributed by atoms with Gasteiger partial charge in [-0.05, 0) is 18.6 Å². The maximum Gasteiger partial charge on any atom is 0.462 e. The molecule has 0 aliphatic heterocycles. The van der Waals surface area contributed by atoms with Gasteiger partial charge in [-0.15, -0.1) is 0 Å². The van der Waals surface area contributed by atoms with Crippen LogP contribution in [0.2, 0.25) is 0 Å². The smallest absolute Gasteiger partial charge is 0.300 e. The average molecular weight is 316 g/mol. The second kappa shape index (κ2) is 5.41. The van der Waals surface area contributed by atoms with Crippen LogP contribution in [0.4, 0.5) is 32.2 Å². The maximum atomic E-state index is 13.0. The molecule has 1 amide bonds. The SMILES string of the molecule is CC(=O)NC(Nc1ccc(C)c[nH+]1)(C(F)(F)F)C(F)(F)F. The lowest BCUT2D eigenvalue weighted by Crippen LogP contribution is -2.72. The second-order valence-electron chi connectivity index (χ2n) is 4.33. The Hall–Kier alpha value is -2.00. The van der Waals surface area contributed by atoms with Gasteiger partial charge >= 0.3 is 18.0 Å². The molecule has 0 saturated heterocycles. The van der Waals surface area contributed by atoms with Crippen molar-refractivity contribution in [1.29, 1.82) is 0 Å². The third kappa shape index (κ3) is 3.56. The second-order valence-corrected chi connectivity index (χ2v) is 4.33. The lowest BCUT2D eigenvalue weighted by molar-refractivity contribution is -0.367. The number of hydrogen-bond donors (Lipinski definition) is 2. The van der Waals surface area contributed by atoms with Crippen LogP contribution in [0.1, 0.15) is 12.5 Å². The van der Waals surface area contributed by atoms with Gasteiger partial charge in [0.2, 0.25) is 5.91 Å². The van der Waals surface area contributed by atoms with E-state index in [1.54, 1.807) is 6.92 Å². The van der Waals surface area contributed by atoms with Gasteiger partial charge in [-0.2, -0.15) is 26.3 Å². The minimum Gasteiger partial charge on any atom is -0.300 e. The molecule has 4 nitrogen and oxygen atoms in total. The van der Waals surface area contributed by atoms with Crippen LogP contribution in [0, 0.1) is 6.92 Å². The normalized spacial score (nSPS) is 13.0. The molecule has 1 heterocycles. The molecule has 0 aliphatic carbocycles. The summed E-state index contributed by atoms with van der Waals surface area (Å²) in [6, 6.07) is 2.31. The molecular weight excluding hydrogens is 304 g/mol. The number of nitrogens with one attached hydrogen (secondary N) is 3. The highest BCUT2D eigenvalue weighted by atomic mass is 19.4. The Labute approximate surface area is 115 Å². The van der Waals surface area contributed by atoms with Crippen LogP contribution in [-0.2, 0) is 4.79 Å². The fraction of sp³-hybridized carbons (Fsp3) is 0.455. The summed E-state index contributed by atoms with van der Waals surface area (Å²) < 4.78 is 77.9. The van der Waals surface area contributed by atoms with Crippen molar-refractivity contribution in [3.63, 3.8) is 0 Å². The van der Waals surface area contributed by atoms with Crippen molar-refractivity contribution in [2.45, 2.75) is 31.9 Å². The molecule has 0 saturated carbocycles. The van der Waals surface area contributed by atoms with Crippen LogP contribution >= 0.6 is 0 Å². The third-order valence-electron chi connectivity index (χ3n) is 2.50. The number of halogens is 6. The van der Waals surface area contributed by atoms with E-state index in [2.05, 4.69) is 4.98 Å². The van der Waals surface area contributed by atoms with E-state index in [9.17, 15) is 31.1 Å². The fourth-order valence-corrected chi connectivity index (χ4v) is 1.52. The van der Waals surface area contributed by atoms with Crippen molar-refractivity contribution in [3.8, 4) is 0 Å². The molecule has 0 aliphatic rings. The zero-order chi connectivity index (χ0) is 16.5. The first kappa shape index (κ1) is 17.1. The van der Waals surface area contributed by atoms with Crippen molar-refractivity contribution < 1.29 is 36.1 Å². The minimum atomic E-state index is -5.81. The van der Waals surface area contributed by atoms with Gasteiger partial charge in [-0.3, -0.25) is 4.79 Å². The molecule has 1 aromatic rings. The molecule has 0 atom stereocenters. The number of alkyl halides is 6. The number of aromatic nitrogens is 1. The van der Waals surface area contributed by atoms with Crippen molar-refractivity contribution in [1.82, 2.24) is 5.32 Å². The van der Waals surface area contributed by atoms with Gasteiger partial charge in [0.1, 0.15) is 0 Å². The van der Waals surface area contributed by atoms with E-state index in [0.29, 0.717) is 12.5 Å². The first-order valence-electron chi connectivity index (χ1n) is 5.58. The van der Waals surface area contributed by atoms with E-state index < -0.39 is 29.7 Å². The molecule has 0 unspecified atom stereocenters. The van der Waals surface area contributed by atoms with Crippen LogP contribution < -0.4 is 15.6 Å². The topological polar surface area (TPSA) is 55.3 Å². The van der Waals surface area contributed by atoms with E-state index in [1.807, 2.05) is 0 Å². The number of H-pyrrole nitrogens is 1. The molecule has 3 N–H and O–H groups in total. The summed E-state index contributed by atoms with van der Waals surface area (Å²) in [6.07, 6.45) is -10.4. The van der Waals surface area contributed by atoms with Gasteiger partial charge in [0, 0.05) is 13.0 Å². The molecule has 0 radical (unpaired) electrons. The third-order valence-corrected chi connectivity index (χ3v) is 2.50. The highest BCUT2D eigenvalue weighted by Gasteiger charge is 2.76. The molecule has 0 spiro atoms. The van der Waals surface area contributed by atoms with E-state index in [4.69, 9.17) is 0 Å². The monoisotopic (exact) mass is 316 g/mol. The van der Waals surface area contributed by atoms with Gasteiger partial charge in [-0.1, -0.05) is 0 Å². The van der Waals surface area contributed by atoms with Gasteiger partial charge in [0.25, 0.3) is 5.82 Å². The number of carbonyl (C=O) groups excluding carboxylic acids is 1. The molecule has 21 heavy (non-hydrogen) atoms. The average Bonchev–Trinajstić information content (AvgIpc) is 2.27. The number of pyridine rings is 1. The van der Waals surface area contributed by atoms with Gasteiger partial charge in [-0.25, -0.2) is 10.3 Å². The highest BCUT2D eigenvalue weighted by molar-refractivity contribution is 5.74. The minimum absolute atomic E-state index is 0.552. The van der Waals surface area contributed by atoms with Crippen LogP contribution in [0.5, 0.6) is 0 Å². The lowest BCUT2D eigenvalue weighted by atomic mass is 10.1. The molecular formula is C11H12F6N3O+. The van der Waals surface area contributed by atoms with Crippen LogP contribution in [0.25, 0.3) is 0 Å². The Kier molecular flexibility index (Phi) is 4.40. The Morgan fingerprint density at radius 3 is 1.95 bits per heavy atom. The fourth-order valence-electron chi connectivity index (χ4n) is 1.52. The molecule has 1 aromatic heterocycles. The van der Waals surface area contributed by atoms with E-state index >= 15 is 0 Å². The Balaban J connectivity index is 3.35. The number of aromatic amines is 1. The Morgan fingerprint density at radius 2 is 1.62 bits per heavy atom. The number of anilines is 1. The summed E-state index contributed by atoms with van der Waals surface area (Å²) in [7, 11) is 0. The summed E-state index contributed by atoms with van der Waals surface area (Å²) in [5, 5.41) is 2.21. The van der Waals surface area contributed by atoms with E-state index in [1.165, 1.54) is 17.6 Å².